The lowest BCUT2D eigenvalue weighted by Gasteiger charge is -2.34. The fourth-order valence-electron chi connectivity index (χ4n) is 5.75. The third-order valence-corrected chi connectivity index (χ3v) is 11.0. The first kappa shape index (κ1) is 28.4. The summed E-state index contributed by atoms with van der Waals surface area (Å²) in [4.78, 5) is 0.0504. The lowest BCUT2D eigenvalue weighted by molar-refractivity contribution is -0.0442. The van der Waals surface area contributed by atoms with E-state index in [9.17, 15) is 27.4 Å². The van der Waals surface area contributed by atoms with Gasteiger partial charge in [0, 0.05) is 31.8 Å². The number of hydrogen-bond acceptors (Lipinski definition) is 8. The average molecular weight is 583 g/mol. The number of sulfonamides is 2. The molecule has 0 bridgehead atoms. The van der Waals surface area contributed by atoms with Gasteiger partial charge in [0.1, 0.15) is 17.7 Å². The van der Waals surface area contributed by atoms with Crippen molar-refractivity contribution in [2.75, 3.05) is 26.2 Å². The molecule has 210 valence electrons. The minimum atomic E-state index is -3.91. The summed E-state index contributed by atoms with van der Waals surface area (Å²) in [6, 6.07) is 13.1. The highest BCUT2D eigenvalue weighted by Crippen LogP contribution is 2.47. The van der Waals surface area contributed by atoms with Crippen LogP contribution in [-0.4, -0.2) is 76.0 Å². The number of morpholine rings is 2. The van der Waals surface area contributed by atoms with Crippen molar-refractivity contribution in [3.63, 3.8) is 0 Å². The molecule has 1 aliphatic carbocycles. The Morgan fingerprint density at radius 2 is 1.02 bits per heavy atom. The number of benzene rings is 2. The van der Waals surface area contributed by atoms with Crippen molar-refractivity contribution in [1.29, 1.82) is 10.5 Å². The number of rotatable bonds is 4. The van der Waals surface area contributed by atoms with Gasteiger partial charge in [0.25, 0.3) is 0 Å². The van der Waals surface area contributed by atoms with E-state index in [1.54, 1.807) is 12.1 Å². The molecule has 0 aromatic heterocycles. The van der Waals surface area contributed by atoms with Gasteiger partial charge in [0.15, 0.2) is 0 Å². The second-order valence-electron chi connectivity index (χ2n) is 10.5. The molecule has 2 saturated heterocycles. The highest BCUT2D eigenvalue weighted by atomic mass is 32.2. The molecular formula is C28H30N4O6S2. The van der Waals surface area contributed by atoms with Crippen LogP contribution < -0.4 is 0 Å². The van der Waals surface area contributed by atoms with Crippen LogP contribution in [0.15, 0.2) is 51.8 Å². The fraction of sp³-hybridized carbons (Fsp3) is 0.429. The van der Waals surface area contributed by atoms with E-state index < -0.39 is 20.0 Å². The van der Waals surface area contributed by atoms with Crippen molar-refractivity contribution >= 4 is 25.6 Å². The predicted octanol–water partition coefficient (Wildman–Crippen LogP) is 3.11. The summed E-state index contributed by atoms with van der Waals surface area (Å²) in [6.07, 6.45) is -1.08. The zero-order valence-corrected chi connectivity index (χ0v) is 24.3. The van der Waals surface area contributed by atoms with Crippen LogP contribution in [0, 0.1) is 22.7 Å². The van der Waals surface area contributed by atoms with Crippen molar-refractivity contribution in [2.24, 2.45) is 0 Å². The smallest absolute Gasteiger partial charge is 0.243 e. The minimum Gasteiger partial charge on any atom is -0.373 e. The second kappa shape index (κ2) is 10.4. The SMILES string of the molecule is C[C@@H]1CN(S(=O)(=O)c2ccc3c(c2)C(=C(C#N)C#N)c2cc(S(=O)(=O)N4C[C@H](C)O[C@@H](C)C4)ccc2-3)C[C@H](C)O1. The molecule has 2 fully saturated rings. The topological polar surface area (TPSA) is 141 Å². The Balaban J connectivity index is 1.61. The van der Waals surface area contributed by atoms with Crippen LogP contribution >= 0.6 is 0 Å². The zero-order chi connectivity index (χ0) is 29.0. The minimum absolute atomic E-state index is 0.0252. The summed E-state index contributed by atoms with van der Waals surface area (Å²) in [7, 11) is -7.81. The van der Waals surface area contributed by atoms with Gasteiger partial charge in [-0.3, -0.25) is 0 Å². The maximum Gasteiger partial charge on any atom is 0.243 e. The van der Waals surface area contributed by atoms with E-state index in [4.69, 9.17) is 9.47 Å². The Morgan fingerprint density at radius 1 is 0.675 bits per heavy atom. The average Bonchev–Trinajstić information content (AvgIpc) is 3.21. The van der Waals surface area contributed by atoms with Gasteiger partial charge in [0.2, 0.25) is 20.0 Å². The number of nitrogens with zero attached hydrogens (tertiary/aromatic N) is 4. The van der Waals surface area contributed by atoms with Crippen LogP contribution in [0.4, 0.5) is 0 Å². The lowest BCUT2D eigenvalue weighted by atomic mass is 9.99. The molecule has 2 aromatic carbocycles. The van der Waals surface area contributed by atoms with Gasteiger partial charge in [-0.25, -0.2) is 16.8 Å². The second-order valence-corrected chi connectivity index (χ2v) is 14.4. The van der Waals surface area contributed by atoms with Gasteiger partial charge in [-0.2, -0.15) is 19.1 Å². The van der Waals surface area contributed by atoms with Crippen molar-refractivity contribution in [3.05, 3.63) is 53.1 Å². The molecule has 4 atom stereocenters. The Labute approximate surface area is 235 Å². The van der Waals surface area contributed by atoms with Crippen LogP contribution in [0.2, 0.25) is 0 Å². The van der Waals surface area contributed by atoms with Crippen LogP contribution in [-0.2, 0) is 29.5 Å². The summed E-state index contributed by atoms with van der Waals surface area (Å²) < 4.78 is 68.6. The van der Waals surface area contributed by atoms with Crippen LogP contribution in [0.1, 0.15) is 38.8 Å². The van der Waals surface area contributed by atoms with Crippen molar-refractivity contribution in [1.82, 2.24) is 8.61 Å². The monoisotopic (exact) mass is 582 g/mol. The van der Waals surface area contributed by atoms with Crippen LogP contribution in [0.25, 0.3) is 16.7 Å². The van der Waals surface area contributed by atoms with E-state index in [0.29, 0.717) is 22.3 Å². The predicted molar refractivity (Wildman–Crippen MR) is 147 cm³/mol. The molecule has 0 unspecified atom stereocenters. The molecule has 5 rings (SSSR count). The van der Waals surface area contributed by atoms with Crippen molar-refractivity contribution in [2.45, 2.75) is 61.9 Å². The van der Waals surface area contributed by atoms with Crippen molar-refractivity contribution in [3.8, 4) is 23.3 Å². The van der Waals surface area contributed by atoms with Gasteiger partial charge in [0.05, 0.1) is 34.2 Å². The van der Waals surface area contributed by atoms with Crippen LogP contribution in [0.5, 0.6) is 0 Å². The molecule has 10 nitrogen and oxygen atoms in total. The molecule has 3 aliphatic rings. The first-order valence-corrected chi connectivity index (χ1v) is 15.9. The Bertz CT molecular complexity index is 1560. The Hall–Kier alpha value is -3.10. The molecule has 2 aromatic rings. The van der Waals surface area contributed by atoms with Gasteiger partial charge in [-0.1, -0.05) is 12.1 Å². The molecule has 0 radical (unpaired) electrons. The van der Waals surface area contributed by atoms with Gasteiger partial charge in [-0.05, 0) is 74.2 Å². The molecule has 2 heterocycles. The molecule has 0 spiro atoms. The van der Waals surface area contributed by atoms with E-state index in [1.807, 2.05) is 39.8 Å². The highest BCUT2D eigenvalue weighted by molar-refractivity contribution is 7.89. The first-order chi connectivity index (χ1) is 18.9. The van der Waals surface area contributed by atoms with Gasteiger partial charge < -0.3 is 9.47 Å². The van der Waals surface area contributed by atoms with Gasteiger partial charge in [-0.15, -0.1) is 0 Å². The first-order valence-electron chi connectivity index (χ1n) is 13.0. The normalized spacial score (nSPS) is 25.5. The Kier molecular flexibility index (Phi) is 7.38. The van der Waals surface area contributed by atoms with Gasteiger partial charge >= 0.3 is 0 Å². The molecule has 0 amide bonds. The standard InChI is InChI=1S/C28H30N4O6S2/c1-17-13-31(14-18(2)37-17)39(33,34)22-5-7-24-25-8-6-23(40(35,36)32-15-19(3)38-20(4)16-32)10-27(25)28(26(24)9-22)21(11-29)12-30/h5-10,17-20H,13-16H2,1-4H3/t17-,18-,19-,20+/m0/s1. The molecule has 0 N–H and O–H groups in total. The number of fused-ring (bicyclic) bond motifs is 3. The summed E-state index contributed by atoms with van der Waals surface area (Å²) in [5, 5.41) is 19.6. The van der Waals surface area contributed by atoms with E-state index >= 15 is 0 Å². The summed E-state index contributed by atoms with van der Waals surface area (Å²) >= 11 is 0. The maximum atomic E-state index is 13.6. The third-order valence-electron chi connectivity index (χ3n) is 7.33. The molecule has 2 aliphatic heterocycles. The van der Waals surface area contributed by atoms with E-state index in [2.05, 4.69) is 0 Å². The molecule has 40 heavy (non-hydrogen) atoms. The lowest BCUT2D eigenvalue weighted by Crippen LogP contribution is -2.48. The van der Waals surface area contributed by atoms with E-state index in [0.717, 1.165) is 0 Å². The third kappa shape index (κ3) is 4.85. The molecular weight excluding hydrogens is 552 g/mol. The number of allylic oxidation sites excluding steroid dienone is 1. The quantitative estimate of drug-likeness (QED) is 0.428. The number of ether oxygens (including phenoxy) is 2. The summed E-state index contributed by atoms with van der Waals surface area (Å²) in [5.41, 5.74) is 2.02. The van der Waals surface area contributed by atoms with E-state index in [1.165, 1.54) is 32.9 Å². The zero-order valence-electron chi connectivity index (χ0n) is 22.7. The Morgan fingerprint density at radius 3 is 1.35 bits per heavy atom. The van der Waals surface area contributed by atoms with Crippen molar-refractivity contribution < 1.29 is 26.3 Å². The highest BCUT2D eigenvalue weighted by Gasteiger charge is 2.36. The van der Waals surface area contributed by atoms with Crippen LogP contribution in [0.3, 0.4) is 0 Å². The number of nitriles is 2. The molecule has 12 heteroatoms. The maximum absolute atomic E-state index is 13.6. The van der Waals surface area contributed by atoms with E-state index in [-0.39, 0.29) is 71.5 Å². The number of hydrogen-bond donors (Lipinski definition) is 0. The fourth-order valence-corrected chi connectivity index (χ4v) is 8.99. The summed E-state index contributed by atoms with van der Waals surface area (Å²) in [6.45, 7) is 8.07. The summed E-state index contributed by atoms with van der Waals surface area (Å²) in [5.74, 6) is 0. The molecule has 0 saturated carbocycles. The largest absolute Gasteiger partial charge is 0.373 e.